The molecular formula is C6H12ClF2NO2. The molecule has 0 aromatic heterocycles. The molecule has 0 rings (SSSR count). The number of carboxylic acid groups (broad SMARTS) is 1. The summed E-state index contributed by atoms with van der Waals surface area (Å²) in [5, 5.41) is 8.06. The van der Waals surface area contributed by atoms with E-state index in [1.54, 1.807) is 0 Å². The molecule has 74 valence electrons. The van der Waals surface area contributed by atoms with E-state index in [4.69, 9.17) is 5.11 Å². The maximum atomic E-state index is 12.5. The molecule has 0 fully saturated rings. The summed E-state index contributed by atoms with van der Waals surface area (Å²) < 4.78 is 25.0. The van der Waals surface area contributed by atoms with E-state index < -0.39 is 24.9 Å². The fraction of sp³-hybridized carbons (Fsp3) is 0.833. The molecule has 3 nitrogen and oxygen atoms in total. The van der Waals surface area contributed by atoms with Crippen LogP contribution in [0, 0.1) is 0 Å². The first-order valence-electron chi connectivity index (χ1n) is 3.08. The van der Waals surface area contributed by atoms with Crippen molar-refractivity contribution < 1.29 is 18.7 Å². The van der Waals surface area contributed by atoms with E-state index in [9.17, 15) is 13.6 Å². The molecule has 0 aliphatic carbocycles. The van der Waals surface area contributed by atoms with E-state index in [1.165, 1.54) is 19.0 Å². The summed E-state index contributed by atoms with van der Waals surface area (Å²) in [6.07, 6.45) is -1.11. The van der Waals surface area contributed by atoms with Crippen LogP contribution in [0.5, 0.6) is 0 Å². The first kappa shape index (κ1) is 14.1. The Morgan fingerprint density at radius 1 is 1.50 bits per heavy atom. The zero-order chi connectivity index (χ0) is 9.07. The minimum atomic E-state index is -3.13. The van der Waals surface area contributed by atoms with Crippen molar-refractivity contribution in [1.82, 2.24) is 4.90 Å². The number of aliphatic carboxylic acids is 1. The minimum Gasteiger partial charge on any atom is -0.481 e. The summed E-state index contributed by atoms with van der Waals surface area (Å²) in [4.78, 5) is 11.2. The Morgan fingerprint density at radius 2 is 1.92 bits per heavy atom. The third kappa shape index (κ3) is 7.68. The Bertz CT molecular complexity index is 152. The van der Waals surface area contributed by atoms with Gasteiger partial charge in [-0.05, 0) is 14.1 Å². The number of hydrogen-bond acceptors (Lipinski definition) is 2. The second kappa shape index (κ2) is 5.27. The third-order valence-electron chi connectivity index (χ3n) is 0.957. The molecule has 1 N–H and O–H groups in total. The van der Waals surface area contributed by atoms with Crippen molar-refractivity contribution in [3.8, 4) is 0 Å². The number of rotatable bonds is 4. The molecule has 0 heterocycles. The van der Waals surface area contributed by atoms with Gasteiger partial charge < -0.3 is 10.0 Å². The summed E-state index contributed by atoms with van der Waals surface area (Å²) in [6, 6.07) is 0. The minimum absolute atomic E-state index is 0. The number of carbonyl (C=O) groups is 1. The van der Waals surface area contributed by atoms with Crippen LogP contribution < -0.4 is 0 Å². The van der Waals surface area contributed by atoms with Crippen molar-refractivity contribution in [2.75, 3.05) is 20.6 Å². The van der Waals surface area contributed by atoms with Crippen LogP contribution >= 0.6 is 12.4 Å². The van der Waals surface area contributed by atoms with Crippen LogP contribution in [0.25, 0.3) is 0 Å². The molecule has 6 heteroatoms. The van der Waals surface area contributed by atoms with Gasteiger partial charge in [-0.15, -0.1) is 12.4 Å². The van der Waals surface area contributed by atoms with E-state index in [1.807, 2.05) is 0 Å². The molecule has 0 saturated heterocycles. The quantitative estimate of drug-likeness (QED) is 0.744. The molecule has 0 saturated carbocycles. The lowest BCUT2D eigenvalue weighted by Crippen LogP contribution is -2.33. The van der Waals surface area contributed by atoms with Crippen LogP contribution in [0.15, 0.2) is 0 Å². The molecule has 12 heavy (non-hydrogen) atoms. The predicted molar refractivity (Wildman–Crippen MR) is 43.0 cm³/mol. The van der Waals surface area contributed by atoms with Gasteiger partial charge in [0.15, 0.2) is 0 Å². The zero-order valence-corrected chi connectivity index (χ0v) is 7.70. The van der Waals surface area contributed by atoms with E-state index in [2.05, 4.69) is 0 Å². The molecular weight excluding hydrogens is 192 g/mol. The Morgan fingerprint density at radius 3 is 2.17 bits per heavy atom. The Kier molecular flexibility index (Phi) is 6.20. The van der Waals surface area contributed by atoms with Gasteiger partial charge in [-0.3, -0.25) is 4.79 Å². The summed E-state index contributed by atoms with van der Waals surface area (Å²) >= 11 is 0. The lowest BCUT2D eigenvalue weighted by molar-refractivity contribution is -0.145. The average Bonchev–Trinajstić information content (AvgIpc) is 1.53. The van der Waals surface area contributed by atoms with Gasteiger partial charge in [0.1, 0.15) is 6.42 Å². The second-order valence-electron chi connectivity index (χ2n) is 2.66. The molecule has 0 spiro atoms. The normalized spacial score (nSPS) is 11.1. The van der Waals surface area contributed by atoms with Crippen LogP contribution in [-0.2, 0) is 4.79 Å². The van der Waals surface area contributed by atoms with Crippen LogP contribution in [0.1, 0.15) is 6.42 Å². The highest BCUT2D eigenvalue weighted by atomic mass is 35.5. The summed E-state index contributed by atoms with van der Waals surface area (Å²) in [5.74, 6) is -4.60. The monoisotopic (exact) mass is 203 g/mol. The topological polar surface area (TPSA) is 40.5 Å². The lowest BCUT2D eigenvalue weighted by Gasteiger charge is -2.18. The first-order chi connectivity index (χ1) is 4.83. The predicted octanol–water partition coefficient (Wildman–Crippen LogP) is 1.08. The highest BCUT2D eigenvalue weighted by molar-refractivity contribution is 5.85. The van der Waals surface area contributed by atoms with Crippen molar-refractivity contribution >= 4 is 18.4 Å². The molecule has 0 unspecified atom stereocenters. The summed E-state index contributed by atoms with van der Waals surface area (Å²) in [7, 11) is 2.94. The number of hydrogen-bond donors (Lipinski definition) is 1. The molecule has 0 aliphatic rings. The van der Waals surface area contributed by atoms with Crippen LogP contribution in [-0.4, -0.2) is 42.5 Å². The lowest BCUT2D eigenvalue weighted by atomic mass is 10.2. The van der Waals surface area contributed by atoms with E-state index >= 15 is 0 Å². The number of alkyl halides is 2. The zero-order valence-electron chi connectivity index (χ0n) is 6.88. The first-order valence-corrected chi connectivity index (χ1v) is 3.08. The largest absolute Gasteiger partial charge is 0.481 e. The summed E-state index contributed by atoms with van der Waals surface area (Å²) in [5.41, 5.74) is 0. The van der Waals surface area contributed by atoms with Gasteiger partial charge in [0.25, 0.3) is 5.92 Å². The fourth-order valence-electron chi connectivity index (χ4n) is 0.740. The maximum Gasteiger partial charge on any atom is 0.309 e. The van der Waals surface area contributed by atoms with Crippen molar-refractivity contribution in [1.29, 1.82) is 0 Å². The Hall–Kier alpha value is -0.420. The van der Waals surface area contributed by atoms with Crippen molar-refractivity contribution in [3.63, 3.8) is 0 Å². The van der Waals surface area contributed by atoms with Gasteiger partial charge in [-0.25, -0.2) is 8.78 Å². The highest BCUT2D eigenvalue weighted by Gasteiger charge is 2.32. The second-order valence-corrected chi connectivity index (χ2v) is 2.66. The molecule has 0 radical (unpaired) electrons. The molecule has 0 bridgehead atoms. The highest BCUT2D eigenvalue weighted by Crippen LogP contribution is 2.18. The Labute approximate surface area is 75.8 Å². The van der Waals surface area contributed by atoms with Crippen LogP contribution in [0.3, 0.4) is 0 Å². The van der Waals surface area contributed by atoms with Gasteiger partial charge in [0.05, 0.1) is 6.54 Å². The van der Waals surface area contributed by atoms with Gasteiger partial charge >= 0.3 is 5.97 Å². The average molecular weight is 204 g/mol. The smallest absolute Gasteiger partial charge is 0.309 e. The molecule has 0 aliphatic heterocycles. The van der Waals surface area contributed by atoms with Gasteiger partial charge in [-0.2, -0.15) is 0 Å². The van der Waals surface area contributed by atoms with Crippen LogP contribution in [0.4, 0.5) is 8.78 Å². The number of carboxylic acids is 1. The SMILES string of the molecule is CN(C)CC(F)(F)CC(=O)O.Cl. The van der Waals surface area contributed by atoms with E-state index in [0.717, 1.165) is 0 Å². The molecule has 0 amide bonds. The van der Waals surface area contributed by atoms with E-state index in [0.29, 0.717) is 0 Å². The number of nitrogens with zero attached hydrogens (tertiary/aromatic N) is 1. The summed E-state index contributed by atoms with van der Waals surface area (Å²) in [6.45, 7) is -0.528. The maximum absolute atomic E-state index is 12.5. The van der Waals surface area contributed by atoms with Crippen molar-refractivity contribution in [2.24, 2.45) is 0 Å². The standard InChI is InChI=1S/C6H11F2NO2.ClH/c1-9(2)4-6(7,8)3-5(10)11;/h3-4H2,1-2H3,(H,10,11);1H. The number of halogens is 3. The molecule has 0 aromatic rings. The van der Waals surface area contributed by atoms with Crippen molar-refractivity contribution in [3.05, 3.63) is 0 Å². The van der Waals surface area contributed by atoms with Gasteiger partial charge in [-0.1, -0.05) is 0 Å². The van der Waals surface area contributed by atoms with Crippen molar-refractivity contribution in [2.45, 2.75) is 12.3 Å². The van der Waals surface area contributed by atoms with Crippen LogP contribution in [0.2, 0.25) is 0 Å². The van der Waals surface area contributed by atoms with Gasteiger partial charge in [0.2, 0.25) is 0 Å². The van der Waals surface area contributed by atoms with E-state index in [-0.39, 0.29) is 12.4 Å². The molecule has 0 aromatic carbocycles. The fourth-order valence-corrected chi connectivity index (χ4v) is 0.740. The van der Waals surface area contributed by atoms with Gasteiger partial charge in [0, 0.05) is 0 Å². The Balaban J connectivity index is 0. The third-order valence-corrected chi connectivity index (χ3v) is 0.957. The molecule has 0 atom stereocenters.